The molecule has 186 valence electrons. The maximum atomic E-state index is 13.3. The molecule has 2 unspecified atom stereocenters. The fourth-order valence-corrected chi connectivity index (χ4v) is 4.90. The molecule has 0 fully saturated rings. The summed E-state index contributed by atoms with van der Waals surface area (Å²) in [5.74, 6) is -0.631. The molecular weight excluding hydrogens is 488 g/mol. The first-order valence-electron chi connectivity index (χ1n) is 11.0. The van der Waals surface area contributed by atoms with E-state index in [2.05, 4.69) is 15.6 Å². The Kier molecular flexibility index (Phi) is 8.96. The zero-order valence-corrected chi connectivity index (χ0v) is 21.0. The number of carbonyl (C=O) groups is 2. The quantitative estimate of drug-likeness (QED) is 0.289. The maximum absolute atomic E-state index is 13.3. The van der Waals surface area contributed by atoms with Crippen molar-refractivity contribution in [2.24, 2.45) is 0 Å². The van der Waals surface area contributed by atoms with Crippen molar-refractivity contribution >= 4 is 39.1 Å². The van der Waals surface area contributed by atoms with Gasteiger partial charge in [0.15, 0.2) is 0 Å². The average molecular weight is 517 g/mol. The molecule has 2 aromatic carbocycles. The van der Waals surface area contributed by atoms with E-state index in [9.17, 15) is 18.0 Å². The third-order valence-electron chi connectivity index (χ3n) is 5.16. The summed E-state index contributed by atoms with van der Waals surface area (Å²) in [5.41, 5.74) is 2.87. The van der Waals surface area contributed by atoms with Gasteiger partial charge in [0, 0.05) is 18.7 Å². The van der Waals surface area contributed by atoms with Gasteiger partial charge in [-0.1, -0.05) is 49.4 Å². The lowest BCUT2D eigenvalue weighted by Crippen LogP contribution is -2.48. The van der Waals surface area contributed by atoms with Crippen LogP contribution in [0.5, 0.6) is 0 Å². The molecule has 0 saturated heterocycles. The van der Waals surface area contributed by atoms with E-state index in [0.717, 1.165) is 28.2 Å². The highest BCUT2D eigenvalue weighted by Gasteiger charge is 2.25. The van der Waals surface area contributed by atoms with Gasteiger partial charge in [-0.05, 0) is 36.1 Å². The lowest BCUT2D eigenvalue weighted by Gasteiger charge is -2.22. The van der Waals surface area contributed by atoms with E-state index in [4.69, 9.17) is 4.55 Å². The van der Waals surface area contributed by atoms with Gasteiger partial charge in [-0.25, -0.2) is 4.98 Å². The molecule has 0 spiro atoms. The summed E-state index contributed by atoms with van der Waals surface area (Å²) in [6.45, 7) is 3.37. The fraction of sp³-hybridized carbons (Fsp3) is 0.292. The largest absolute Gasteiger partial charge is 0.357 e. The highest BCUT2D eigenvalue weighted by molar-refractivity contribution is 7.87. The third kappa shape index (κ3) is 8.46. The first-order chi connectivity index (χ1) is 16.6. The minimum Gasteiger partial charge on any atom is -0.345 e. The minimum atomic E-state index is -4.37. The predicted molar refractivity (Wildman–Crippen MR) is 135 cm³/mol. The highest BCUT2D eigenvalue weighted by atomic mass is 32.2. The van der Waals surface area contributed by atoms with Crippen molar-refractivity contribution in [1.82, 2.24) is 15.6 Å². The molecule has 2 amide bonds. The molecule has 0 saturated carbocycles. The second-order valence-electron chi connectivity index (χ2n) is 8.01. The molecule has 0 aliphatic rings. The molecular formula is C24H28N4O5S2. The van der Waals surface area contributed by atoms with Crippen molar-refractivity contribution in [1.29, 1.82) is 0 Å². The van der Waals surface area contributed by atoms with Crippen LogP contribution in [0, 0.1) is 0 Å². The number of hydrogen-bond donors (Lipinski definition) is 4. The Bertz CT molecular complexity index is 1240. The van der Waals surface area contributed by atoms with E-state index in [1.54, 1.807) is 12.1 Å². The number of amides is 2. The van der Waals surface area contributed by atoms with Crippen LogP contribution in [-0.2, 0) is 39.2 Å². The van der Waals surface area contributed by atoms with E-state index < -0.39 is 22.4 Å². The number of anilines is 1. The Labute approximate surface area is 208 Å². The van der Waals surface area contributed by atoms with Gasteiger partial charge in [-0.2, -0.15) is 8.42 Å². The third-order valence-corrected chi connectivity index (χ3v) is 6.66. The van der Waals surface area contributed by atoms with Crippen molar-refractivity contribution in [3.63, 3.8) is 0 Å². The summed E-state index contributed by atoms with van der Waals surface area (Å²) < 4.78 is 33.0. The standard InChI is InChI=1S/C24H28N4O5S2/c1-3-19-15-34-24(26-19)22(14-18-9-11-20(12-10-18)28-35(31,32)33)27-23(30)21(25-16(2)29)13-17-7-5-4-6-8-17/h4-12,15,21-22,28H,3,13-14H2,1-2H3,(H,25,29)(H,27,30)(H,31,32,33). The number of rotatable bonds is 11. The van der Waals surface area contributed by atoms with Crippen LogP contribution < -0.4 is 15.4 Å². The summed E-state index contributed by atoms with van der Waals surface area (Å²) in [5, 5.41) is 8.46. The van der Waals surface area contributed by atoms with Crippen LogP contribution in [0.3, 0.4) is 0 Å². The van der Waals surface area contributed by atoms with Crippen molar-refractivity contribution in [3.8, 4) is 0 Å². The Balaban J connectivity index is 1.81. The smallest absolute Gasteiger partial charge is 0.345 e. The topological polar surface area (TPSA) is 137 Å². The summed E-state index contributed by atoms with van der Waals surface area (Å²) in [4.78, 5) is 29.7. The molecule has 4 N–H and O–H groups in total. The van der Waals surface area contributed by atoms with Crippen LogP contribution in [0.15, 0.2) is 60.0 Å². The molecule has 3 aromatic rings. The molecule has 0 bridgehead atoms. The lowest BCUT2D eigenvalue weighted by atomic mass is 10.0. The van der Waals surface area contributed by atoms with Gasteiger partial charge in [-0.3, -0.25) is 18.9 Å². The SMILES string of the molecule is CCc1csc(C(Cc2ccc(NS(=O)(=O)O)cc2)NC(=O)C(Cc2ccccc2)NC(C)=O)n1. The minimum absolute atomic E-state index is 0.216. The molecule has 9 nitrogen and oxygen atoms in total. The predicted octanol–water partition coefficient (Wildman–Crippen LogP) is 3.07. The maximum Gasteiger partial charge on any atom is 0.357 e. The van der Waals surface area contributed by atoms with Gasteiger partial charge in [0.2, 0.25) is 11.8 Å². The summed E-state index contributed by atoms with van der Waals surface area (Å²) in [7, 11) is -4.37. The molecule has 0 aliphatic carbocycles. The molecule has 1 aromatic heterocycles. The lowest BCUT2D eigenvalue weighted by molar-refractivity contribution is -0.128. The summed E-state index contributed by atoms with van der Waals surface area (Å²) in [6.07, 6.45) is 1.50. The van der Waals surface area contributed by atoms with Gasteiger partial charge in [0.1, 0.15) is 11.0 Å². The van der Waals surface area contributed by atoms with Crippen LogP contribution in [0.4, 0.5) is 5.69 Å². The van der Waals surface area contributed by atoms with Gasteiger partial charge in [0.05, 0.1) is 17.4 Å². The number of hydrogen-bond acceptors (Lipinski definition) is 6. The van der Waals surface area contributed by atoms with E-state index >= 15 is 0 Å². The van der Waals surface area contributed by atoms with Crippen LogP contribution in [0.1, 0.15) is 41.7 Å². The van der Waals surface area contributed by atoms with E-state index in [1.807, 2.05) is 47.4 Å². The molecule has 0 radical (unpaired) electrons. The number of carbonyl (C=O) groups excluding carboxylic acids is 2. The normalized spacial score (nSPS) is 13.0. The monoisotopic (exact) mass is 516 g/mol. The van der Waals surface area contributed by atoms with Crippen molar-refractivity contribution in [2.75, 3.05) is 4.72 Å². The summed E-state index contributed by atoms with van der Waals surface area (Å²) >= 11 is 1.45. The number of aromatic nitrogens is 1. The van der Waals surface area contributed by atoms with Gasteiger partial charge < -0.3 is 10.6 Å². The summed E-state index contributed by atoms with van der Waals surface area (Å²) in [6, 6.07) is 14.7. The molecule has 3 rings (SSSR count). The van der Waals surface area contributed by atoms with Crippen LogP contribution in [0.25, 0.3) is 0 Å². The van der Waals surface area contributed by atoms with E-state index in [0.29, 0.717) is 12.8 Å². The van der Waals surface area contributed by atoms with Gasteiger partial charge in [-0.15, -0.1) is 11.3 Å². The first kappa shape index (κ1) is 26.3. The second kappa shape index (κ2) is 11.9. The van der Waals surface area contributed by atoms with Crippen LogP contribution in [-0.4, -0.2) is 35.8 Å². The number of nitrogens with one attached hydrogen (secondary N) is 3. The number of benzene rings is 2. The Hall–Kier alpha value is -3.28. The Morgan fingerprint density at radius 2 is 1.66 bits per heavy atom. The highest BCUT2D eigenvalue weighted by Crippen LogP contribution is 2.24. The first-order valence-corrected chi connectivity index (χ1v) is 13.3. The Morgan fingerprint density at radius 3 is 2.23 bits per heavy atom. The van der Waals surface area contributed by atoms with E-state index in [-0.39, 0.29) is 17.5 Å². The molecule has 0 aliphatic heterocycles. The zero-order valence-electron chi connectivity index (χ0n) is 19.4. The second-order valence-corrected chi connectivity index (χ2v) is 10.1. The molecule has 35 heavy (non-hydrogen) atoms. The molecule has 2 atom stereocenters. The fourth-order valence-electron chi connectivity index (χ4n) is 3.52. The molecule has 11 heteroatoms. The van der Waals surface area contributed by atoms with Gasteiger partial charge >= 0.3 is 10.3 Å². The Morgan fingerprint density at radius 1 is 1.00 bits per heavy atom. The van der Waals surface area contributed by atoms with Crippen molar-refractivity contribution in [3.05, 3.63) is 81.8 Å². The molecule has 1 heterocycles. The van der Waals surface area contributed by atoms with Crippen molar-refractivity contribution in [2.45, 2.75) is 45.2 Å². The number of nitrogens with zero attached hydrogens (tertiary/aromatic N) is 1. The van der Waals surface area contributed by atoms with Crippen LogP contribution in [0.2, 0.25) is 0 Å². The van der Waals surface area contributed by atoms with Gasteiger partial charge in [0.25, 0.3) is 0 Å². The van der Waals surface area contributed by atoms with E-state index in [1.165, 1.54) is 30.4 Å². The number of thiazole rings is 1. The van der Waals surface area contributed by atoms with Crippen molar-refractivity contribution < 1.29 is 22.6 Å². The zero-order chi connectivity index (χ0) is 25.4. The number of aryl methyl sites for hydroxylation is 1. The van der Waals surface area contributed by atoms with Crippen LogP contribution >= 0.6 is 11.3 Å². The average Bonchev–Trinajstić information content (AvgIpc) is 3.28.